The van der Waals surface area contributed by atoms with E-state index in [1.54, 1.807) is 0 Å². The van der Waals surface area contributed by atoms with E-state index in [1.807, 2.05) is 24.3 Å². The number of hydrogen-bond donors (Lipinski definition) is 2. The minimum Gasteiger partial charge on any atom is -0.324 e. The minimum absolute atomic E-state index is 0.0110. The van der Waals surface area contributed by atoms with Crippen LogP contribution in [-0.2, 0) is 4.79 Å². The number of anilines is 1. The average molecular weight is 341 g/mol. The summed E-state index contributed by atoms with van der Waals surface area (Å²) in [4.78, 5) is 11.9. The summed E-state index contributed by atoms with van der Waals surface area (Å²) in [6.45, 7) is 10.1. The van der Waals surface area contributed by atoms with Crippen molar-refractivity contribution in [3.8, 4) is 0 Å². The Morgan fingerprint density at radius 3 is 2.30 bits per heavy atom. The van der Waals surface area contributed by atoms with Crippen LogP contribution in [0.4, 0.5) is 5.69 Å². The van der Waals surface area contributed by atoms with E-state index in [0.717, 1.165) is 16.7 Å². The molecule has 0 fully saturated rings. The number of para-hydroxylation sites is 1. The summed E-state index contributed by atoms with van der Waals surface area (Å²) < 4.78 is 0.899. The normalized spacial score (nSPS) is 11.4. The lowest BCUT2D eigenvalue weighted by atomic mass is 9.85. The van der Waals surface area contributed by atoms with Crippen LogP contribution in [0, 0.1) is 17.8 Å². The van der Waals surface area contributed by atoms with Gasteiger partial charge in [-0.25, -0.2) is 0 Å². The fourth-order valence-corrected chi connectivity index (χ4v) is 2.73. The van der Waals surface area contributed by atoms with Crippen LogP contribution < -0.4 is 10.6 Å². The number of hydrogen-bond acceptors (Lipinski definition) is 2. The highest BCUT2D eigenvalue weighted by molar-refractivity contribution is 9.10. The average Bonchev–Trinajstić information content (AvgIpc) is 2.36. The first-order valence-electron chi connectivity index (χ1n) is 7.17. The molecule has 0 saturated carbocycles. The molecule has 20 heavy (non-hydrogen) atoms. The van der Waals surface area contributed by atoms with Gasteiger partial charge in [-0.15, -0.1) is 0 Å². The fourth-order valence-electron chi connectivity index (χ4n) is 2.35. The molecule has 0 aliphatic carbocycles. The molecule has 1 aromatic carbocycles. The molecule has 0 spiro atoms. The summed E-state index contributed by atoms with van der Waals surface area (Å²) in [5.74, 6) is 1.82. The van der Waals surface area contributed by atoms with E-state index in [0.29, 0.717) is 24.3 Å². The van der Waals surface area contributed by atoms with Crippen molar-refractivity contribution in [2.24, 2.45) is 17.8 Å². The number of carbonyl (C=O) groups excluding carboxylic acids is 1. The molecule has 0 unspecified atom stereocenters. The monoisotopic (exact) mass is 340 g/mol. The molecule has 1 amide bonds. The van der Waals surface area contributed by atoms with Crippen LogP contribution in [0.15, 0.2) is 28.7 Å². The Balaban J connectivity index is 2.39. The largest absolute Gasteiger partial charge is 0.324 e. The van der Waals surface area contributed by atoms with Gasteiger partial charge in [0.25, 0.3) is 0 Å². The Morgan fingerprint density at radius 1 is 1.15 bits per heavy atom. The summed E-state index contributed by atoms with van der Waals surface area (Å²) >= 11 is 3.42. The molecule has 2 N–H and O–H groups in total. The molecule has 0 aromatic heterocycles. The lowest BCUT2D eigenvalue weighted by molar-refractivity contribution is -0.115. The van der Waals surface area contributed by atoms with Crippen molar-refractivity contribution in [2.75, 3.05) is 18.4 Å². The molecule has 1 rings (SSSR count). The van der Waals surface area contributed by atoms with E-state index >= 15 is 0 Å². The van der Waals surface area contributed by atoms with Gasteiger partial charge in [-0.1, -0.05) is 39.8 Å². The second-order valence-electron chi connectivity index (χ2n) is 5.81. The first-order chi connectivity index (χ1) is 9.41. The van der Waals surface area contributed by atoms with Gasteiger partial charge in [0.05, 0.1) is 12.2 Å². The zero-order valence-electron chi connectivity index (χ0n) is 12.7. The van der Waals surface area contributed by atoms with E-state index in [2.05, 4.69) is 54.3 Å². The molecule has 0 radical (unpaired) electrons. The summed E-state index contributed by atoms with van der Waals surface area (Å²) in [6, 6.07) is 7.62. The van der Waals surface area contributed by atoms with Crippen LogP contribution >= 0.6 is 15.9 Å². The smallest absolute Gasteiger partial charge is 0.238 e. The minimum atomic E-state index is -0.0110. The third-order valence-corrected chi connectivity index (χ3v) is 4.22. The summed E-state index contributed by atoms with van der Waals surface area (Å²) in [5, 5.41) is 6.15. The van der Waals surface area contributed by atoms with Crippen molar-refractivity contribution in [1.29, 1.82) is 0 Å². The Hall–Kier alpha value is -0.870. The van der Waals surface area contributed by atoms with Crippen molar-refractivity contribution in [3.05, 3.63) is 28.7 Å². The Bertz CT molecular complexity index is 424. The maximum Gasteiger partial charge on any atom is 0.238 e. The number of halogens is 1. The summed E-state index contributed by atoms with van der Waals surface area (Å²) in [5.41, 5.74) is 0.809. The number of benzene rings is 1. The first kappa shape index (κ1) is 17.2. The molecule has 112 valence electrons. The van der Waals surface area contributed by atoms with E-state index in [4.69, 9.17) is 0 Å². The highest BCUT2D eigenvalue weighted by atomic mass is 79.9. The maximum atomic E-state index is 11.9. The quantitative estimate of drug-likeness (QED) is 0.790. The Labute approximate surface area is 130 Å². The zero-order chi connectivity index (χ0) is 15.1. The van der Waals surface area contributed by atoms with Crippen molar-refractivity contribution >= 4 is 27.5 Å². The number of carbonyl (C=O) groups is 1. The Kier molecular flexibility index (Phi) is 7.24. The molecule has 0 saturated heterocycles. The van der Waals surface area contributed by atoms with Crippen LogP contribution in [0.5, 0.6) is 0 Å². The molecular weight excluding hydrogens is 316 g/mol. The fraction of sp³-hybridized carbons (Fsp3) is 0.562. The van der Waals surface area contributed by atoms with Gasteiger partial charge in [-0.3, -0.25) is 4.79 Å². The topological polar surface area (TPSA) is 41.1 Å². The lowest BCUT2D eigenvalue weighted by Crippen LogP contribution is -2.35. The van der Waals surface area contributed by atoms with Crippen molar-refractivity contribution < 1.29 is 4.79 Å². The van der Waals surface area contributed by atoms with Crippen molar-refractivity contribution in [3.63, 3.8) is 0 Å². The molecule has 0 heterocycles. The van der Waals surface area contributed by atoms with Gasteiger partial charge in [0, 0.05) is 4.47 Å². The van der Waals surface area contributed by atoms with E-state index in [1.165, 1.54) is 0 Å². The van der Waals surface area contributed by atoms with Gasteiger partial charge >= 0.3 is 0 Å². The van der Waals surface area contributed by atoms with E-state index in [-0.39, 0.29) is 5.91 Å². The summed E-state index contributed by atoms with van der Waals surface area (Å²) in [6.07, 6.45) is 0. The second kappa shape index (κ2) is 8.42. The third-order valence-electron chi connectivity index (χ3n) is 3.53. The molecule has 0 atom stereocenters. The number of rotatable bonds is 7. The SMILES string of the molecule is CC(C)C(CNCC(=O)Nc1ccccc1Br)C(C)C. The van der Waals surface area contributed by atoms with Gasteiger partial charge in [0.2, 0.25) is 5.91 Å². The Morgan fingerprint density at radius 2 is 1.75 bits per heavy atom. The third kappa shape index (κ3) is 5.63. The molecular formula is C16H25BrN2O. The van der Waals surface area contributed by atoms with Crippen LogP contribution in [-0.4, -0.2) is 19.0 Å². The van der Waals surface area contributed by atoms with Crippen LogP contribution in [0.1, 0.15) is 27.7 Å². The lowest BCUT2D eigenvalue weighted by Gasteiger charge is -2.25. The second-order valence-corrected chi connectivity index (χ2v) is 6.67. The van der Waals surface area contributed by atoms with E-state index in [9.17, 15) is 4.79 Å². The molecule has 3 nitrogen and oxygen atoms in total. The number of amides is 1. The van der Waals surface area contributed by atoms with E-state index < -0.39 is 0 Å². The first-order valence-corrected chi connectivity index (χ1v) is 7.96. The summed E-state index contributed by atoms with van der Waals surface area (Å²) in [7, 11) is 0. The van der Waals surface area contributed by atoms with Gasteiger partial charge in [-0.2, -0.15) is 0 Å². The maximum absolute atomic E-state index is 11.9. The molecule has 0 aliphatic rings. The standard InChI is InChI=1S/C16H25BrN2O/c1-11(2)13(12(3)4)9-18-10-16(20)19-15-8-6-5-7-14(15)17/h5-8,11-13,18H,9-10H2,1-4H3,(H,19,20). The van der Waals surface area contributed by atoms with Gasteiger partial charge in [0.15, 0.2) is 0 Å². The van der Waals surface area contributed by atoms with Crippen LogP contribution in [0.2, 0.25) is 0 Å². The zero-order valence-corrected chi connectivity index (χ0v) is 14.3. The van der Waals surface area contributed by atoms with Gasteiger partial charge in [0.1, 0.15) is 0 Å². The molecule has 1 aromatic rings. The van der Waals surface area contributed by atoms with Crippen LogP contribution in [0.3, 0.4) is 0 Å². The molecule has 0 aliphatic heterocycles. The van der Waals surface area contributed by atoms with Crippen LogP contribution in [0.25, 0.3) is 0 Å². The van der Waals surface area contributed by atoms with Crippen molar-refractivity contribution in [1.82, 2.24) is 5.32 Å². The van der Waals surface area contributed by atoms with Gasteiger partial charge < -0.3 is 10.6 Å². The highest BCUT2D eigenvalue weighted by Gasteiger charge is 2.17. The predicted molar refractivity (Wildman–Crippen MR) is 88.8 cm³/mol. The van der Waals surface area contributed by atoms with Gasteiger partial charge in [-0.05, 0) is 52.4 Å². The predicted octanol–water partition coefficient (Wildman–Crippen LogP) is 3.91. The number of nitrogens with one attached hydrogen (secondary N) is 2. The van der Waals surface area contributed by atoms with Crippen molar-refractivity contribution in [2.45, 2.75) is 27.7 Å². The molecule has 4 heteroatoms. The highest BCUT2D eigenvalue weighted by Crippen LogP contribution is 2.21. The molecule has 0 bridgehead atoms.